The highest BCUT2D eigenvalue weighted by Crippen LogP contribution is 2.24. The van der Waals surface area contributed by atoms with Gasteiger partial charge in [-0.1, -0.05) is 27.7 Å². The van der Waals surface area contributed by atoms with Gasteiger partial charge in [-0.25, -0.2) is 0 Å². The SMILES string of the molecule is C[C@H](C[C@H](C)C[C@@H](O)[C@H](C)CO)C[C@@H](O)[C@H](C)CO. The lowest BCUT2D eigenvalue weighted by molar-refractivity contribution is 0.0457. The molecule has 0 unspecified atom stereocenters. The molecule has 4 N–H and O–H groups in total. The van der Waals surface area contributed by atoms with Crippen molar-refractivity contribution in [2.45, 2.75) is 59.2 Å². The molecule has 0 heterocycles. The van der Waals surface area contributed by atoms with Gasteiger partial charge in [0.1, 0.15) is 0 Å². The van der Waals surface area contributed by atoms with Crippen LogP contribution < -0.4 is 0 Å². The van der Waals surface area contributed by atoms with Crippen LogP contribution in [0.5, 0.6) is 0 Å². The Kier molecular flexibility index (Phi) is 9.62. The Labute approximate surface area is 117 Å². The van der Waals surface area contributed by atoms with Gasteiger partial charge in [0, 0.05) is 25.0 Å². The molecule has 0 saturated heterocycles. The van der Waals surface area contributed by atoms with E-state index in [0.29, 0.717) is 24.7 Å². The van der Waals surface area contributed by atoms with Gasteiger partial charge in [0.25, 0.3) is 0 Å². The fraction of sp³-hybridized carbons (Fsp3) is 1.00. The number of hydrogen-bond acceptors (Lipinski definition) is 4. The second kappa shape index (κ2) is 9.70. The van der Waals surface area contributed by atoms with Crippen LogP contribution in [0.2, 0.25) is 0 Å². The predicted octanol–water partition coefficient (Wildman–Crippen LogP) is 1.41. The lowest BCUT2D eigenvalue weighted by Crippen LogP contribution is -2.26. The van der Waals surface area contributed by atoms with Crippen molar-refractivity contribution < 1.29 is 20.4 Å². The first-order valence-corrected chi connectivity index (χ1v) is 7.39. The first-order chi connectivity index (χ1) is 8.81. The molecule has 0 aromatic rings. The molecule has 0 radical (unpaired) electrons. The van der Waals surface area contributed by atoms with E-state index in [1.165, 1.54) is 0 Å². The summed E-state index contributed by atoms with van der Waals surface area (Å²) in [5, 5.41) is 37.7. The van der Waals surface area contributed by atoms with Crippen molar-refractivity contribution in [3.05, 3.63) is 0 Å². The van der Waals surface area contributed by atoms with E-state index < -0.39 is 12.2 Å². The van der Waals surface area contributed by atoms with Crippen LogP contribution in [0.25, 0.3) is 0 Å². The minimum absolute atomic E-state index is 0.0101. The zero-order chi connectivity index (χ0) is 15.0. The second-order valence-corrected chi connectivity index (χ2v) is 6.37. The minimum atomic E-state index is -0.464. The average Bonchev–Trinajstić information content (AvgIpc) is 2.35. The van der Waals surface area contributed by atoms with Crippen LogP contribution in [0, 0.1) is 23.7 Å². The van der Waals surface area contributed by atoms with Crippen LogP contribution in [-0.4, -0.2) is 45.8 Å². The average molecular weight is 276 g/mol. The Morgan fingerprint density at radius 3 is 1.21 bits per heavy atom. The molecule has 0 aliphatic rings. The maximum absolute atomic E-state index is 9.87. The molecular weight excluding hydrogens is 244 g/mol. The summed E-state index contributed by atoms with van der Waals surface area (Å²) in [5.41, 5.74) is 0. The third-order valence-corrected chi connectivity index (χ3v) is 3.98. The van der Waals surface area contributed by atoms with Gasteiger partial charge in [0.2, 0.25) is 0 Å². The van der Waals surface area contributed by atoms with E-state index >= 15 is 0 Å². The highest BCUT2D eigenvalue weighted by molar-refractivity contribution is 4.72. The maximum atomic E-state index is 9.87. The number of hydrogen-bond donors (Lipinski definition) is 4. The quantitative estimate of drug-likeness (QED) is 0.486. The molecule has 116 valence electrons. The zero-order valence-electron chi connectivity index (χ0n) is 12.8. The van der Waals surface area contributed by atoms with Gasteiger partial charge in [0.05, 0.1) is 12.2 Å². The van der Waals surface area contributed by atoms with Gasteiger partial charge in [-0.2, -0.15) is 0 Å². The highest BCUT2D eigenvalue weighted by Gasteiger charge is 2.21. The first kappa shape index (κ1) is 18.8. The van der Waals surface area contributed by atoms with E-state index in [4.69, 9.17) is 10.2 Å². The molecule has 0 bridgehead atoms. The number of aliphatic hydroxyl groups excluding tert-OH is 4. The van der Waals surface area contributed by atoms with Crippen molar-refractivity contribution in [1.29, 1.82) is 0 Å². The predicted molar refractivity (Wildman–Crippen MR) is 76.7 cm³/mol. The van der Waals surface area contributed by atoms with Crippen LogP contribution in [-0.2, 0) is 0 Å². The summed E-state index contributed by atoms with van der Waals surface area (Å²) >= 11 is 0. The Balaban J connectivity index is 4.01. The van der Waals surface area contributed by atoms with Crippen LogP contribution in [0.4, 0.5) is 0 Å². The summed E-state index contributed by atoms with van der Waals surface area (Å²) < 4.78 is 0. The van der Waals surface area contributed by atoms with Gasteiger partial charge in [-0.3, -0.25) is 0 Å². The van der Waals surface area contributed by atoms with Crippen molar-refractivity contribution in [1.82, 2.24) is 0 Å². The van der Waals surface area contributed by atoms with Gasteiger partial charge in [-0.15, -0.1) is 0 Å². The van der Waals surface area contributed by atoms with Gasteiger partial charge >= 0.3 is 0 Å². The summed E-state index contributed by atoms with van der Waals surface area (Å²) in [4.78, 5) is 0. The molecule has 4 nitrogen and oxygen atoms in total. The Bertz CT molecular complexity index is 200. The van der Waals surface area contributed by atoms with Crippen LogP contribution in [0.15, 0.2) is 0 Å². The molecule has 0 aromatic heterocycles. The number of rotatable bonds is 10. The Morgan fingerprint density at radius 2 is 0.947 bits per heavy atom. The minimum Gasteiger partial charge on any atom is -0.396 e. The molecule has 0 aliphatic heterocycles. The van der Waals surface area contributed by atoms with Crippen molar-refractivity contribution in [3.8, 4) is 0 Å². The standard InChI is InChI=1S/C15H32O4/c1-10(6-14(18)12(3)8-16)5-11(2)7-15(19)13(4)9-17/h10-19H,5-9H2,1-4H3/t10-,11+,12-,13-,14-,15-/m1/s1. The molecule has 6 atom stereocenters. The van der Waals surface area contributed by atoms with Crippen LogP contribution >= 0.6 is 0 Å². The van der Waals surface area contributed by atoms with Crippen molar-refractivity contribution in [2.24, 2.45) is 23.7 Å². The van der Waals surface area contributed by atoms with Crippen LogP contribution in [0.1, 0.15) is 47.0 Å². The molecule has 0 rings (SSSR count). The molecule has 0 saturated carbocycles. The summed E-state index contributed by atoms with van der Waals surface area (Å²) in [6.07, 6.45) is 1.36. The van der Waals surface area contributed by atoms with Gasteiger partial charge in [0.15, 0.2) is 0 Å². The molecule has 19 heavy (non-hydrogen) atoms. The first-order valence-electron chi connectivity index (χ1n) is 7.39. The van der Waals surface area contributed by atoms with E-state index in [1.54, 1.807) is 0 Å². The smallest absolute Gasteiger partial charge is 0.0590 e. The third-order valence-electron chi connectivity index (χ3n) is 3.98. The van der Waals surface area contributed by atoms with Gasteiger partial charge < -0.3 is 20.4 Å². The number of aliphatic hydroxyl groups is 4. The topological polar surface area (TPSA) is 80.9 Å². The summed E-state index contributed by atoms with van der Waals surface area (Å²) in [6.45, 7) is 7.88. The zero-order valence-corrected chi connectivity index (χ0v) is 12.8. The van der Waals surface area contributed by atoms with E-state index in [-0.39, 0.29) is 25.0 Å². The van der Waals surface area contributed by atoms with E-state index in [0.717, 1.165) is 6.42 Å². The maximum Gasteiger partial charge on any atom is 0.0590 e. The fourth-order valence-electron chi connectivity index (χ4n) is 2.41. The molecule has 0 amide bonds. The lowest BCUT2D eigenvalue weighted by atomic mass is 9.85. The fourth-order valence-corrected chi connectivity index (χ4v) is 2.41. The van der Waals surface area contributed by atoms with Crippen LogP contribution in [0.3, 0.4) is 0 Å². The lowest BCUT2D eigenvalue weighted by Gasteiger charge is -2.25. The molecule has 4 heteroatoms. The largest absolute Gasteiger partial charge is 0.396 e. The Morgan fingerprint density at radius 1 is 0.632 bits per heavy atom. The third kappa shape index (κ3) is 7.88. The Hall–Kier alpha value is -0.160. The van der Waals surface area contributed by atoms with E-state index in [2.05, 4.69) is 13.8 Å². The molecular formula is C15H32O4. The molecule has 0 spiro atoms. The normalized spacial score (nSPS) is 21.5. The van der Waals surface area contributed by atoms with Crippen molar-refractivity contribution in [2.75, 3.05) is 13.2 Å². The second-order valence-electron chi connectivity index (χ2n) is 6.37. The van der Waals surface area contributed by atoms with Crippen molar-refractivity contribution in [3.63, 3.8) is 0 Å². The monoisotopic (exact) mass is 276 g/mol. The summed E-state index contributed by atoms with van der Waals surface area (Å²) in [6, 6.07) is 0. The van der Waals surface area contributed by atoms with E-state index in [1.807, 2.05) is 13.8 Å². The summed E-state index contributed by atoms with van der Waals surface area (Å²) in [5.74, 6) is 0.543. The molecule has 0 aliphatic carbocycles. The van der Waals surface area contributed by atoms with E-state index in [9.17, 15) is 10.2 Å². The highest BCUT2D eigenvalue weighted by atomic mass is 16.3. The van der Waals surface area contributed by atoms with Crippen molar-refractivity contribution >= 4 is 0 Å². The molecule has 0 fully saturated rings. The summed E-state index contributed by atoms with van der Waals surface area (Å²) in [7, 11) is 0. The van der Waals surface area contributed by atoms with Gasteiger partial charge in [-0.05, 0) is 31.1 Å². The molecule has 0 aromatic carbocycles.